The molecule has 2 N–H and O–H groups in total. The lowest BCUT2D eigenvalue weighted by molar-refractivity contribution is -0.116. The van der Waals surface area contributed by atoms with Crippen molar-refractivity contribution in [2.45, 2.75) is 19.4 Å². The Morgan fingerprint density at radius 3 is 2.95 bits per heavy atom. The van der Waals surface area contributed by atoms with E-state index in [1.54, 1.807) is 11.3 Å². The van der Waals surface area contributed by atoms with Gasteiger partial charge in [0.2, 0.25) is 11.9 Å². The zero-order valence-corrected chi connectivity index (χ0v) is 12.1. The van der Waals surface area contributed by atoms with Crippen LogP contribution in [0.2, 0.25) is 0 Å². The molecule has 3 heterocycles. The minimum atomic E-state index is -0.0705. The van der Waals surface area contributed by atoms with Crippen molar-refractivity contribution < 1.29 is 4.79 Å². The summed E-state index contributed by atoms with van der Waals surface area (Å²) in [7, 11) is 0. The Morgan fingerprint density at radius 1 is 1.33 bits per heavy atom. The van der Waals surface area contributed by atoms with Gasteiger partial charge in [0.1, 0.15) is 0 Å². The Hall–Kier alpha value is -2.41. The first-order chi connectivity index (χ1) is 10.3. The highest BCUT2D eigenvalue weighted by atomic mass is 32.1. The molecule has 0 aliphatic carbocycles. The molecule has 3 aromatic heterocycles. The van der Waals surface area contributed by atoms with Crippen molar-refractivity contribution >= 4 is 23.2 Å². The number of anilines is 1. The third-order valence-corrected chi connectivity index (χ3v) is 3.85. The molecule has 108 valence electrons. The predicted octanol–water partition coefficient (Wildman–Crippen LogP) is 2.75. The van der Waals surface area contributed by atoms with Gasteiger partial charge in [0.25, 0.3) is 0 Å². The molecule has 0 radical (unpaired) electrons. The largest absolute Gasteiger partial charge is 0.354 e. The van der Waals surface area contributed by atoms with Gasteiger partial charge in [-0.05, 0) is 30.0 Å². The number of nitrogens with zero attached hydrogens (tertiary/aromatic N) is 3. The van der Waals surface area contributed by atoms with Gasteiger partial charge in [0.05, 0.1) is 4.88 Å². The van der Waals surface area contributed by atoms with Crippen LogP contribution in [0.4, 0.5) is 5.95 Å². The maximum atomic E-state index is 11.8. The van der Waals surface area contributed by atoms with Crippen LogP contribution in [-0.2, 0) is 11.3 Å². The highest BCUT2D eigenvalue weighted by Gasteiger charge is 2.09. The van der Waals surface area contributed by atoms with Gasteiger partial charge in [0.15, 0.2) is 5.82 Å². The first kappa shape index (κ1) is 13.6. The van der Waals surface area contributed by atoms with E-state index in [1.165, 1.54) is 0 Å². The SMILES string of the molecule is O=C(CCCn1cccc1)Nc1n[nH]c(-c2cccs2)n1. The molecule has 0 aliphatic heterocycles. The molecule has 7 heteroatoms. The monoisotopic (exact) mass is 301 g/mol. The molecule has 0 aromatic carbocycles. The smallest absolute Gasteiger partial charge is 0.249 e. The van der Waals surface area contributed by atoms with Gasteiger partial charge in [-0.3, -0.25) is 15.2 Å². The zero-order chi connectivity index (χ0) is 14.5. The number of carbonyl (C=O) groups is 1. The number of hydrogen-bond acceptors (Lipinski definition) is 4. The van der Waals surface area contributed by atoms with Crippen molar-refractivity contribution in [3.05, 3.63) is 42.0 Å². The molecule has 0 bridgehead atoms. The Labute approximate surface area is 125 Å². The molecule has 6 nitrogen and oxygen atoms in total. The number of aromatic nitrogens is 4. The number of rotatable bonds is 6. The minimum Gasteiger partial charge on any atom is -0.354 e. The quantitative estimate of drug-likeness (QED) is 0.735. The van der Waals surface area contributed by atoms with Crippen LogP contribution in [-0.4, -0.2) is 25.7 Å². The Kier molecular flexibility index (Phi) is 4.11. The Morgan fingerprint density at radius 2 is 2.19 bits per heavy atom. The molecular weight excluding hydrogens is 286 g/mol. The highest BCUT2D eigenvalue weighted by Crippen LogP contribution is 2.21. The third kappa shape index (κ3) is 3.57. The fourth-order valence-corrected chi connectivity index (χ4v) is 2.63. The molecule has 0 fully saturated rings. The van der Waals surface area contributed by atoms with Crippen molar-refractivity contribution in [1.82, 2.24) is 19.7 Å². The molecule has 0 atom stereocenters. The summed E-state index contributed by atoms with van der Waals surface area (Å²) in [6.07, 6.45) is 5.20. The topological polar surface area (TPSA) is 75.6 Å². The molecule has 21 heavy (non-hydrogen) atoms. The first-order valence-corrected chi connectivity index (χ1v) is 7.56. The zero-order valence-electron chi connectivity index (χ0n) is 11.3. The lowest BCUT2D eigenvalue weighted by Gasteiger charge is -2.02. The number of hydrogen-bond donors (Lipinski definition) is 2. The van der Waals surface area contributed by atoms with Crippen molar-refractivity contribution in [3.8, 4) is 10.7 Å². The van der Waals surface area contributed by atoms with Crippen molar-refractivity contribution in [2.75, 3.05) is 5.32 Å². The Balaban J connectivity index is 1.48. The molecular formula is C14H15N5OS. The fraction of sp³-hybridized carbons (Fsp3) is 0.214. The van der Waals surface area contributed by atoms with Crippen molar-refractivity contribution in [2.24, 2.45) is 0 Å². The maximum Gasteiger partial charge on any atom is 0.249 e. The maximum absolute atomic E-state index is 11.8. The van der Waals surface area contributed by atoms with Crippen LogP contribution in [0, 0.1) is 0 Å². The van der Waals surface area contributed by atoms with Gasteiger partial charge in [-0.1, -0.05) is 6.07 Å². The number of nitrogens with one attached hydrogen (secondary N) is 2. The second-order valence-corrected chi connectivity index (χ2v) is 5.51. The van der Waals surface area contributed by atoms with Crippen LogP contribution < -0.4 is 5.32 Å². The second kappa shape index (κ2) is 6.36. The standard InChI is InChI=1S/C14H15N5OS/c20-12(6-3-9-19-7-1-2-8-19)15-14-16-13(17-18-14)11-5-4-10-21-11/h1-2,4-5,7-8,10H,3,6,9H2,(H2,15,16,17,18,20). The molecule has 0 unspecified atom stereocenters. The highest BCUT2D eigenvalue weighted by molar-refractivity contribution is 7.13. The molecule has 3 aromatic rings. The number of aryl methyl sites for hydroxylation is 1. The van der Waals surface area contributed by atoms with E-state index < -0.39 is 0 Å². The molecule has 0 saturated carbocycles. The predicted molar refractivity (Wildman–Crippen MR) is 82.0 cm³/mol. The summed E-state index contributed by atoms with van der Waals surface area (Å²) in [5.74, 6) is 0.927. The average Bonchev–Trinajstić information content (AvgIpc) is 3.21. The summed E-state index contributed by atoms with van der Waals surface area (Å²) in [6.45, 7) is 0.828. The van der Waals surface area contributed by atoms with Crippen LogP contribution in [0.25, 0.3) is 10.7 Å². The van der Waals surface area contributed by atoms with Gasteiger partial charge in [-0.15, -0.1) is 16.4 Å². The second-order valence-electron chi connectivity index (χ2n) is 4.56. The van der Waals surface area contributed by atoms with Gasteiger partial charge in [-0.2, -0.15) is 4.98 Å². The van der Waals surface area contributed by atoms with Crippen molar-refractivity contribution in [1.29, 1.82) is 0 Å². The summed E-state index contributed by atoms with van der Waals surface area (Å²) in [5.41, 5.74) is 0. The molecule has 0 spiro atoms. The first-order valence-electron chi connectivity index (χ1n) is 6.68. The number of amides is 1. The summed E-state index contributed by atoms with van der Waals surface area (Å²) in [4.78, 5) is 17.1. The van der Waals surface area contributed by atoms with Gasteiger partial charge < -0.3 is 4.57 Å². The number of carbonyl (C=O) groups excluding carboxylic acids is 1. The Bertz CT molecular complexity index is 687. The number of aromatic amines is 1. The van der Waals surface area contributed by atoms with E-state index in [0.717, 1.165) is 17.8 Å². The third-order valence-electron chi connectivity index (χ3n) is 2.98. The van der Waals surface area contributed by atoms with Gasteiger partial charge in [0, 0.05) is 25.4 Å². The van der Waals surface area contributed by atoms with E-state index in [-0.39, 0.29) is 5.91 Å². The lowest BCUT2D eigenvalue weighted by atomic mass is 10.3. The van der Waals surface area contributed by atoms with Gasteiger partial charge >= 0.3 is 0 Å². The van der Waals surface area contributed by atoms with Crippen LogP contribution >= 0.6 is 11.3 Å². The van der Waals surface area contributed by atoms with E-state index in [1.807, 2.05) is 42.0 Å². The van der Waals surface area contributed by atoms with Crippen LogP contribution in [0.5, 0.6) is 0 Å². The van der Waals surface area contributed by atoms with E-state index in [9.17, 15) is 4.79 Å². The van der Waals surface area contributed by atoms with E-state index in [2.05, 4.69) is 25.1 Å². The summed E-state index contributed by atoms with van der Waals surface area (Å²) in [5, 5.41) is 11.5. The van der Waals surface area contributed by atoms with E-state index in [4.69, 9.17) is 0 Å². The van der Waals surface area contributed by atoms with Crippen molar-refractivity contribution in [3.63, 3.8) is 0 Å². The lowest BCUT2D eigenvalue weighted by Crippen LogP contribution is -2.13. The molecule has 1 amide bonds. The molecule has 0 aliphatic rings. The normalized spacial score (nSPS) is 10.7. The molecule has 0 saturated heterocycles. The van der Waals surface area contributed by atoms with Crippen LogP contribution in [0.3, 0.4) is 0 Å². The summed E-state index contributed by atoms with van der Waals surface area (Å²) >= 11 is 1.57. The van der Waals surface area contributed by atoms with Crippen LogP contribution in [0.1, 0.15) is 12.8 Å². The fourth-order valence-electron chi connectivity index (χ4n) is 1.97. The molecule has 3 rings (SSSR count). The average molecular weight is 301 g/mol. The summed E-state index contributed by atoms with van der Waals surface area (Å²) < 4.78 is 2.05. The minimum absolute atomic E-state index is 0.0705. The number of H-pyrrole nitrogens is 1. The van der Waals surface area contributed by atoms with E-state index >= 15 is 0 Å². The van der Waals surface area contributed by atoms with Gasteiger partial charge in [-0.25, -0.2) is 0 Å². The number of thiophene rings is 1. The van der Waals surface area contributed by atoms with Crippen LogP contribution in [0.15, 0.2) is 42.0 Å². The van der Waals surface area contributed by atoms with E-state index in [0.29, 0.717) is 18.2 Å². The summed E-state index contributed by atoms with van der Waals surface area (Å²) in [6, 6.07) is 7.84.